The highest BCUT2D eigenvalue weighted by Crippen LogP contribution is 2.14. The largest absolute Gasteiger partial charge is 0.329 e. The van der Waals surface area contributed by atoms with Crippen molar-refractivity contribution in [3.8, 4) is 0 Å². The lowest BCUT2D eigenvalue weighted by atomic mass is 10.1. The van der Waals surface area contributed by atoms with Gasteiger partial charge in [0, 0.05) is 13.0 Å². The molecule has 0 unspecified atom stereocenters. The van der Waals surface area contributed by atoms with Crippen LogP contribution in [0, 0.1) is 0 Å². The number of carbonyl (C=O) groups is 1. The molecular weight excluding hydrogens is 363 g/mol. The first-order valence-corrected chi connectivity index (χ1v) is 7.51. The van der Waals surface area contributed by atoms with Gasteiger partial charge in [0.05, 0.1) is 6.33 Å². The highest BCUT2D eigenvalue weighted by molar-refractivity contribution is 5.96. The number of nitrogens with zero attached hydrogens (tertiary/aromatic N) is 3. The molecular formula is C16H20Cl2N6O. The van der Waals surface area contributed by atoms with Crippen LogP contribution in [0.1, 0.15) is 12.0 Å². The number of anilines is 1. The summed E-state index contributed by atoms with van der Waals surface area (Å²) in [6.07, 6.45) is 4.25. The van der Waals surface area contributed by atoms with Gasteiger partial charge in [-0.25, -0.2) is 15.0 Å². The molecule has 2 aromatic heterocycles. The second-order valence-corrected chi connectivity index (χ2v) is 5.11. The maximum atomic E-state index is 12.0. The Labute approximate surface area is 157 Å². The quantitative estimate of drug-likeness (QED) is 0.545. The minimum atomic E-state index is -0.0970. The van der Waals surface area contributed by atoms with Crippen molar-refractivity contribution in [2.24, 2.45) is 0 Å². The molecule has 3 aromatic rings. The number of carbonyl (C=O) groups excluding carboxylic acids is 1. The number of amides is 1. The fraction of sp³-hybridized carbons (Fsp3) is 0.250. The smallest absolute Gasteiger partial charge is 0.226 e. The van der Waals surface area contributed by atoms with Gasteiger partial charge in [0.25, 0.3) is 0 Å². The molecule has 25 heavy (non-hydrogen) atoms. The van der Waals surface area contributed by atoms with Crippen molar-refractivity contribution in [3.63, 3.8) is 0 Å². The van der Waals surface area contributed by atoms with E-state index in [4.69, 9.17) is 0 Å². The lowest BCUT2D eigenvalue weighted by Crippen LogP contribution is -2.24. The van der Waals surface area contributed by atoms with E-state index in [9.17, 15) is 4.79 Å². The van der Waals surface area contributed by atoms with Gasteiger partial charge in [-0.3, -0.25) is 4.79 Å². The lowest BCUT2D eigenvalue weighted by molar-refractivity contribution is -0.116. The molecule has 9 heteroatoms. The van der Waals surface area contributed by atoms with Gasteiger partial charge in [-0.15, -0.1) is 24.8 Å². The summed E-state index contributed by atoms with van der Waals surface area (Å²) >= 11 is 0. The fourth-order valence-electron chi connectivity index (χ4n) is 2.26. The lowest BCUT2D eigenvalue weighted by Gasteiger charge is -2.06. The first kappa shape index (κ1) is 20.8. The maximum Gasteiger partial charge on any atom is 0.226 e. The highest BCUT2D eigenvalue weighted by atomic mass is 35.5. The molecule has 0 aliphatic heterocycles. The molecule has 0 aliphatic rings. The third-order valence-electron chi connectivity index (χ3n) is 3.44. The first-order chi connectivity index (χ1) is 11.3. The number of hydrogen-bond donors (Lipinski definition) is 3. The summed E-state index contributed by atoms with van der Waals surface area (Å²) in [5.74, 6) is 0.339. The molecule has 2 heterocycles. The van der Waals surface area contributed by atoms with E-state index in [2.05, 4.69) is 42.7 Å². The van der Waals surface area contributed by atoms with E-state index < -0.39 is 0 Å². The van der Waals surface area contributed by atoms with Crippen LogP contribution < -0.4 is 10.6 Å². The van der Waals surface area contributed by atoms with Crippen molar-refractivity contribution in [1.82, 2.24) is 25.3 Å². The number of hydrogen-bond acceptors (Lipinski definition) is 5. The second kappa shape index (κ2) is 10.6. The van der Waals surface area contributed by atoms with Gasteiger partial charge >= 0.3 is 0 Å². The number of rotatable bonds is 7. The van der Waals surface area contributed by atoms with Crippen LogP contribution in [0.2, 0.25) is 0 Å². The highest BCUT2D eigenvalue weighted by Gasteiger charge is 2.09. The molecule has 7 nitrogen and oxygen atoms in total. The van der Waals surface area contributed by atoms with Crippen molar-refractivity contribution < 1.29 is 4.79 Å². The standard InChI is InChI=1S/C16H18N6O.2ClH/c23-13(7-9-17-8-6-12-4-2-1-3-5-12)22-16-14-15(19-10-18-14)20-11-21-16;;/h1-5,10-11,17H,6-9H2,(H2,18,19,20,21,22,23);2*1H. The number of halogens is 2. The summed E-state index contributed by atoms with van der Waals surface area (Å²) in [6, 6.07) is 10.3. The Morgan fingerprint density at radius 1 is 1.04 bits per heavy atom. The molecule has 1 aromatic carbocycles. The number of fused-ring (bicyclic) bond motifs is 1. The van der Waals surface area contributed by atoms with Gasteiger partial charge in [0.15, 0.2) is 17.0 Å². The van der Waals surface area contributed by atoms with E-state index in [0.29, 0.717) is 29.9 Å². The Morgan fingerprint density at radius 3 is 2.64 bits per heavy atom. The zero-order valence-electron chi connectivity index (χ0n) is 13.4. The number of nitrogens with one attached hydrogen (secondary N) is 3. The Hall–Kier alpha value is -2.22. The monoisotopic (exact) mass is 382 g/mol. The Morgan fingerprint density at radius 2 is 1.84 bits per heavy atom. The zero-order valence-corrected chi connectivity index (χ0v) is 15.1. The van der Waals surface area contributed by atoms with Crippen molar-refractivity contribution in [3.05, 3.63) is 48.5 Å². The average molecular weight is 383 g/mol. The van der Waals surface area contributed by atoms with E-state index >= 15 is 0 Å². The van der Waals surface area contributed by atoms with Gasteiger partial charge in [0.1, 0.15) is 6.33 Å². The third kappa shape index (κ3) is 5.97. The summed E-state index contributed by atoms with van der Waals surface area (Å²) in [6.45, 7) is 1.46. The van der Waals surface area contributed by atoms with Gasteiger partial charge in [-0.1, -0.05) is 30.3 Å². The minimum Gasteiger partial charge on any atom is -0.329 e. The summed E-state index contributed by atoms with van der Waals surface area (Å²) in [5, 5.41) is 6.03. The van der Waals surface area contributed by atoms with Crippen LogP contribution in [0.25, 0.3) is 11.2 Å². The summed E-state index contributed by atoms with van der Waals surface area (Å²) < 4.78 is 0. The molecule has 3 N–H and O–H groups in total. The maximum absolute atomic E-state index is 12.0. The van der Waals surface area contributed by atoms with Crippen LogP contribution in [0.4, 0.5) is 5.82 Å². The predicted molar refractivity (Wildman–Crippen MR) is 102 cm³/mol. The van der Waals surface area contributed by atoms with E-state index in [1.165, 1.54) is 18.2 Å². The molecule has 3 rings (SSSR count). The molecule has 0 aliphatic carbocycles. The Balaban J connectivity index is 0.00000156. The van der Waals surface area contributed by atoms with Gasteiger partial charge in [0.2, 0.25) is 5.91 Å². The molecule has 0 atom stereocenters. The van der Waals surface area contributed by atoms with Crippen LogP contribution in [-0.4, -0.2) is 38.9 Å². The molecule has 0 spiro atoms. The van der Waals surface area contributed by atoms with E-state index in [0.717, 1.165) is 13.0 Å². The van der Waals surface area contributed by atoms with Crippen LogP contribution in [0.3, 0.4) is 0 Å². The first-order valence-electron chi connectivity index (χ1n) is 7.51. The zero-order chi connectivity index (χ0) is 15.9. The van der Waals surface area contributed by atoms with Crippen molar-refractivity contribution in [1.29, 1.82) is 0 Å². The van der Waals surface area contributed by atoms with Crippen molar-refractivity contribution in [2.45, 2.75) is 12.8 Å². The number of H-pyrrole nitrogens is 1. The number of aromatic amines is 1. The average Bonchev–Trinajstić information content (AvgIpc) is 3.05. The van der Waals surface area contributed by atoms with E-state index in [1.807, 2.05) is 18.2 Å². The molecule has 1 amide bonds. The molecule has 0 saturated carbocycles. The van der Waals surface area contributed by atoms with Crippen LogP contribution in [0.5, 0.6) is 0 Å². The summed E-state index contributed by atoms with van der Waals surface area (Å²) in [4.78, 5) is 27.0. The molecule has 134 valence electrons. The molecule has 0 fully saturated rings. The number of aromatic nitrogens is 4. The second-order valence-electron chi connectivity index (χ2n) is 5.11. The summed E-state index contributed by atoms with van der Waals surface area (Å²) in [5.41, 5.74) is 2.46. The topological polar surface area (TPSA) is 95.6 Å². The van der Waals surface area contributed by atoms with Crippen LogP contribution in [-0.2, 0) is 11.2 Å². The summed E-state index contributed by atoms with van der Waals surface area (Å²) in [7, 11) is 0. The molecule has 0 bridgehead atoms. The van der Waals surface area contributed by atoms with Gasteiger partial charge in [-0.2, -0.15) is 0 Å². The van der Waals surface area contributed by atoms with Gasteiger partial charge in [-0.05, 0) is 18.5 Å². The molecule has 0 saturated heterocycles. The van der Waals surface area contributed by atoms with Gasteiger partial charge < -0.3 is 15.6 Å². The van der Waals surface area contributed by atoms with E-state index in [-0.39, 0.29) is 30.7 Å². The minimum absolute atomic E-state index is 0. The third-order valence-corrected chi connectivity index (χ3v) is 3.44. The number of imidazole rings is 1. The Bertz CT molecular complexity index is 780. The Kier molecular flexibility index (Phi) is 8.83. The van der Waals surface area contributed by atoms with Crippen LogP contribution in [0.15, 0.2) is 43.0 Å². The van der Waals surface area contributed by atoms with Crippen molar-refractivity contribution >= 4 is 47.7 Å². The molecule has 0 radical (unpaired) electrons. The van der Waals surface area contributed by atoms with Crippen molar-refractivity contribution in [2.75, 3.05) is 18.4 Å². The fourth-order valence-corrected chi connectivity index (χ4v) is 2.26. The number of benzene rings is 1. The van der Waals surface area contributed by atoms with E-state index in [1.54, 1.807) is 0 Å². The normalized spacial score (nSPS) is 9.92. The predicted octanol–water partition coefficient (Wildman–Crippen LogP) is 2.36. The SMILES string of the molecule is Cl.Cl.O=C(CCNCCc1ccccc1)Nc1ncnc2[nH]cnc12. The van der Waals surface area contributed by atoms with Crippen LogP contribution >= 0.6 is 24.8 Å².